The zero-order valence-corrected chi connectivity index (χ0v) is 13.8. The van der Waals surface area contributed by atoms with Gasteiger partial charge in [-0.2, -0.15) is 0 Å². The molecule has 3 heteroatoms. The second-order valence-electron chi connectivity index (χ2n) is 6.64. The van der Waals surface area contributed by atoms with Crippen molar-refractivity contribution >= 4 is 5.91 Å². The number of carbonyl (C=O) groups excluding carboxylic acids is 1. The molecule has 2 rings (SSSR count). The van der Waals surface area contributed by atoms with Crippen LogP contribution in [0.4, 0.5) is 0 Å². The number of aryl methyl sites for hydroxylation is 1. The molecule has 3 N–H and O–H groups in total. The minimum absolute atomic E-state index is 0.125. The van der Waals surface area contributed by atoms with Crippen LogP contribution in [-0.4, -0.2) is 18.0 Å². The predicted molar refractivity (Wildman–Crippen MR) is 91.5 cm³/mol. The fourth-order valence-electron chi connectivity index (χ4n) is 3.41. The summed E-state index contributed by atoms with van der Waals surface area (Å²) in [6.45, 7) is 2.18. The minimum Gasteiger partial charge on any atom is -0.353 e. The van der Waals surface area contributed by atoms with Crippen LogP contribution in [0.3, 0.4) is 0 Å². The van der Waals surface area contributed by atoms with E-state index < -0.39 is 0 Å². The number of benzene rings is 1. The zero-order valence-electron chi connectivity index (χ0n) is 13.8. The molecule has 22 heavy (non-hydrogen) atoms. The summed E-state index contributed by atoms with van der Waals surface area (Å²) in [5.74, 6) is 0.349. The van der Waals surface area contributed by atoms with Gasteiger partial charge in [-0.1, -0.05) is 50.1 Å². The second-order valence-corrected chi connectivity index (χ2v) is 6.64. The van der Waals surface area contributed by atoms with Crippen LogP contribution in [0, 0.1) is 5.92 Å². The Morgan fingerprint density at radius 1 is 1.27 bits per heavy atom. The molecule has 0 spiro atoms. The lowest BCUT2D eigenvalue weighted by molar-refractivity contribution is -0.126. The Labute approximate surface area is 134 Å². The van der Waals surface area contributed by atoms with Gasteiger partial charge in [0.1, 0.15) is 0 Å². The maximum absolute atomic E-state index is 12.5. The van der Waals surface area contributed by atoms with Crippen molar-refractivity contribution in [2.45, 2.75) is 70.4 Å². The lowest BCUT2D eigenvalue weighted by Crippen LogP contribution is -2.42. The van der Waals surface area contributed by atoms with Crippen LogP contribution in [-0.2, 0) is 11.2 Å². The molecule has 3 unspecified atom stereocenters. The van der Waals surface area contributed by atoms with Crippen molar-refractivity contribution in [2.75, 3.05) is 0 Å². The van der Waals surface area contributed by atoms with Crippen LogP contribution in [0.5, 0.6) is 0 Å². The molecule has 0 aromatic heterocycles. The van der Waals surface area contributed by atoms with Gasteiger partial charge in [0.2, 0.25) is 5.91 Å². The van der Waals surface area contributed by atoms with Crippen molar-refractivity contribution in [2.24, 2.45) is 11.7 Å². The number of hydrogen-bond donors (Lipinski definition) is 2. The van der Waals surface area contributed by atoms with Crippen LogP contribution in [0.1, 0.15) is 57.4 Å². The number of nitrogens with one attached hydrogen (secondary N) is 1. The van der Waals surface area contributed by atoms with Gasteiger partial charge in [0.15, 0.2) is 0 Å². The lowest BCUT2D eigenvalue weighted by atomic mass is 9.85. The first-order valence-corrected chi connectivity index (χ1v) is 8.79. The Bertz CT molecular complexity index is 446. The molecule has 1 aliphatic rings. The third-order valence-electron chi connectivity index (χ3n) is 4.69. The highest BCUT2D eigenvalue weighted by molar-refractivity contribution is 5.79. The molecule has 122 valence electrons. The summed E-state index contributed by atoms with van der Waals surface area (Å²) < 4.78 is 0. The Kier molecular flexibility index (Phi) is 6.91. The summed E-state index contributed by atoms with van der Waals surface area (Å²) >= 11 is 0. The monoisotopic (exact) mass is 302 g/mol. The van der Waals surface area contributed by atoms with E-state index in [1.165, 1.54) is 5.56 Å². The third-order valence-corrected chi connectivity index (χ3v) is 4.69. The van der Waals surface area contributed by atoms with E-state index >= 15 is 0 Å². The quantitative estimate of drug-likeness (QED) is 0.811. The summed E-state index contributed by atoms with van der Waals surface area (Å²) in [7, 11) is 0. The van der Waals surface area contributed by atoms with Gasteiger partial charge in [-0.3, -0.25) is 4.79 Å². The van der Waals surface area contributed by atoms with E-state index in [1.54, 1.807) is 0 Å². The van der Waals surface area contributed by atoms with E-state index in [-0.39, 0.29) is 23.9 Å². The largest absolute Gasteiger partial charge is 0.353 e. The number of rotatable bonds is 7. The Morgan fingerprint density at radius 2 is 2.05 bits per heavy atom. The highest BCUT2D eigenvalue weighted by Crippen LogP contribution is 2.23. The van der Waals surface area contributed by atoms with Gasteiger partial charge in [-0.15, -0.1) is 0 Å². The number of amides is 1. The van der Waals surface area contributed by atoms with Gasteiger partial charge in [-0.05, 0) is 44.1 Å². The number of hydrogen-bond acceptors (Lipinski definition) is 2. The van der Waals surface area contributed by atoms with E-state index in [9.17, 15) is 4.79 Å². The molecule has 1 aromatic rings. The standard InChI is InChI=1S/C19H30N2O/c1-2-7-18(13-12-15-8-4-3-5-9-15)21-19(22)16-10-6-11-17(20)14-16/h3-5,8-9,16-18H,2,6-7,10-14,20H2,1H3,(H,21,22). The minimum atomic E-state index is 0.125. The fraction of sp³-hybridized carbons (Fsp3) is 0.632. The van der Waals surface area contributed by atoms with Gasteiger partial charge >= 0.3 is 0 Å². The van der Waals surface area contributed by atoms with E-state index in [4.69, 9.17) is 5.73 Å². The van der Waals surface area contributed by atoms with Gasteiger partial charge in [0.25, 0.3) is 0 Å². The van der Waals surface area contributed by atoms with Crippen LogP contribution >= 0.6 is 0 Å². The van der Waals surface area contributed by atoms with Crippen molar-refractivity contribution < 1.29 is 4.79 Å². The van der Waals surface area contributed by atoms with Gasteiger partial charge in [0, 0.05) is 18.0 Å². The first kappa shape index (κ1) is 17.0. The zero-order chi connectivity index (χ0) is 15.8. The molecular formula is C19H30N2O. The number of nitrogens with two attached hydrogens (primary N) is 1. The first-order chi connectivity index (χ1) is 10.7. The Morgan fingerprint density at radius 3 is 2.73 bits per heavy atom. The Hall–Kier alpha value is -1.35. The normalized spacial score (nSPS) is 23.0. The van der Waals surface area contributed by atoms with E-state index in [0.29, 0.717) is 0 Å². The van der Waals surface area contributed by atoms with E-state index in [2.05, 4.69) is 36.5 Å². The molecule has 3 nitrogen and oxygen atoms in total. The van der Waals surface area contributed by atoms with Crippen molar-refractivity contribution in [3.63, 3.8) is 0 Å². The van der Waals surface area contributed by atoms with Crippen LogP contribution < -0.4 is 11.1 Å². The summed E-state index contributed by atoms with van der Waals surface area (Å²) in [5, 5.41) is 3.28. The molecule has 1 aromatic carbocycles. The summed E-state index contributed by atoms with van der Waals surface area (Å²) in [6, 6.07) is 11.0. The maximum atomic E-state index is 12.5. The highest BCUT2D eigenvalue weighted by atomic mass is 16.1. The van der Waals surface area contributed by atoms with Crippen molar-refractivity contribution in [1.29, 1.82) is 0 Å². The highest BCUT2D eigenvalue weighted by Gasteiger charge is 2.26. The lowest BCUT2D eigenvalue weighted by Gasteiger charge is -2.28. The van der Waals surface area contributed by atoms with Crippen molar-refractivity contribution in [3.05, 3.63) is 35.9 Å². The second kappa shape index (κ2) is 8.94. The summed E-state index contributed by atoms with van der Waals surface area (Å²) in [4.78, 5) is 12.5. The molecule has 1 amide bonds. The van der Waals surface area contributed by atoms with Crippen molar-refractivity contribution in [1.82, 2.24) is 5.32 Å². The molecule has 0 saturated heterocycles. The maximum Gasteiger partial charge on any atom is 0.223 e. The van der Waals surface area contributed by atoms with Crippen LogP contribution in [0.15, 0.2) is 30.3 Å². The van der Waals surface area contributed by atoms with Crippen LogP contribution in [0.25, 0.3) is 0 Å². The topological polar surface area (TPSA) is 55.1 Å². The molecule has 0 bridgehead atoms. The summed E-state index contributed by atoms with van der Waals surface area (Å²) in [5.41, 5.74) is 7.35. The molecule has 0 heterocycles. The average Bonchev–Trinajstić information content (AvgIpc) is 2.54. The van der Waals surface area contributed by atoms with Crippen molar-refractivity contribution in [3.8, 4) is 0 Å². The fourth-order valence-corrected chi connectivity index (χ4v) is 3.41. The molecule has 0 radical (unpaired) electrons. The average molecular weight is 302 g/mol. The smallest absolute Gasteiger partial charge is 0.223 e. The molecule has 0 aliphatic heterocycles. The molecule has 3 atom stereocenters. The van der Waals surface area contributed by atoms with Crippen LogP contribution in [0.2, 0.25) is 0 Å². The van der Waals surface area contributed by atoms with Gasteiger partial charge < -0.3 is 11.1 Å². The van der Waals surface area contributed by atoms with E-state index in [0.717, 1.165) is 51.4 Å². The van der Waals surface area contributed by atoms with Gasteiger partial charge in [-0.25, -0.2) is 0 Å². The predicted octanol–water partition coefficient (Wildman–Crippen LogP) is 3.42. The molecular weight excluding hydrogens is 272 g/mol. The third kappa shape index (κ3) is 5.45. The molecule has 1 aliphatic carbocycles. The number of carbonyl (C=O) groups is 1. The molecule has 1 fully saturated rings. The van der Waals surface area contributed by atoms with E-state index in [1.807, 2.05) is 6.07 Å². The van der Waals surface area contributed by atoms with Gasteiger partial charge in [0.05, 0.1) is 0 Å². The Balaban J connectivity index is 1.83. The first-order valence-electron chi connectivity index (χ1n) is 8.79. The SMILES string of the molecule is CCCC(CCc1ccccc1)NC(=O)C1CCCC(N)C1. The summed E-state index contributed by atoms with van der Waals surface area (Å²) in [6.07, 6.45) is 8.19. The molecule has 1 saturated carbocycles.